The molecule has 0 bridgehead atoms. The molecule has 1 heterocycles. The maximum Gasteiger partial charge on any atom is 0.234 e. The van der Waals surface area contributed by atoms with E-state index in [2.05, 4.69) is 15.9 Å². The van der Waals surface area contributed by atoms with Gasteiger partial charge in [0, 0.05) is 11.8 Å². The van der Waals surface area contributed by atoms with Crippen LogP contribution in [0.2, 0.25) is 0 Å². The lowest BCUT2D eigenvalue weighted by atomic mass is 10.1. The van der Waals surface area contributed by atoms with Gasteiger partial charge in [0.1, 0.15) is 0 Å². The summed E-state index contributed by atoms with van der Waals surface area (Å²) in [5, 5.41) is 1.05. The van der Waals surface area contributed by atoms with E-state index in [1.807, 2.05) is 24.3 Å². The fourth-order valence-corrected chi connectivity index (χ4v) is 4.06. The highest BCUT2D eigenvalue weighted by Gasteiger charge is 2.29. The normalized spacial score (nSPS) is 17.2. The second kappa shape index (κ2) is 7.93. The van der Waals surface area contributed by atoms with Gasteiger partial charge in [-0.1, -0.05) is 53.4 Å². The highest BCUT2D eigenvalue weighted by atomic mass is 79.9. The highest BCUT2D eigenvalue weighted by molar-refractivity contribution is 9.09. The number of hydrogen-bond donors (Lipinski definition) is 0. The van der Waals surface area contributed by atoms with E-state index in [9.17, 15) is 9.00 Å². The van der Waals surface area contributed by atoms with Gasteiger partial charge in [0.15, 0.2) is 11.0 Å². The van der Waals surface area contributed by atoms with Crippen LogP contribution in [-0.4, -0.2) is 19.8 Å². The van der Waals surface area contributed by atoms with Crippen molar-refractivity contribution in [3.05, 3.63) is 29.8 Å². The summed E-state index contributed by atoms with van der Waals surface area (Å²) in [5.41, 5.74) is 1.01. The van der Waals surface area contributed by atoms with Gasteiger partial charge in [-0.3, -0.25) is 9.10 Å². The molecule has 0 fully saturated rings. The van der Waals surface area contributed by atoms with Crippen LogP contribution in [0.15, 0.2) is 29.2 Å². The van der Waals surface area contributed by atoms with Crippen LogP contribution in [0.3, 0.4) is 0 Å². The molecule has 0 spiro atoms. The molecule has 0 saturated carbocycles. The second-order valence-corrected chi connectivity index (χ2v) is 7.17. The molecule has 1 aromatic rings. The monoisotopic (exact) mass is 357 g/mol. The van der Waals surface area contributed by atoms with Crippen molar-refractivity contribution >= 4 is 32.8 Å². The number of nitrogens with zero attached hydrogens (tertiary/aromatic N) is 1. The van der Waals surface area contributed by atoms with E-state index >= 15 is 0 Å². The Bertz CT molecular complexity index is 493. The Labute approximate surface area is 131 Å². The number of carbonyl (C=O) groups is 1. The van der Waals surface area contributed by atoms with Gasteiger partial charge < -0.3 is 0 Å². The summed E-state index contributed by atoms with van der Waals surface area (Å²) in [7, 11) is -1.30. The molecule has 0 aromatic heterocycles. The van der Waals surface area contributed by atoms with E-state index in [-0.39, 0.29) is 5.91 Å². The summed E-state index contributed by atoms with van der Waals surface area (Å²) in [6.07, 6.45) is 6.05. The summed E-state index contributed by atoms with van der Waals surface area (Å²) in [6, 6.07) is 7.59. The lowest BCUT2D eigenvalue weighted by Gasteiger charge is -2.13. The van der Waals surface area contributed by atoms with E-state index in [0.717, 1.165) is 28.6 Å². The molecule has 3 nitrogen and oxygen atoms in total. The number of unbranched alkanes of at least 4 members (excludes halogenated alkanes) is 4. The number of fused-ring (bicyclic) bond motifs is 1. The first-order chi connectivity index (χ1) is 9.74. The van der Waals surface area contributed by atoms with Crippen LogP contribution in [0.4, 0.5) is 0 Å². The third-order valence-corrected chi connectivity index (χ3v) is 5.55. The van der Waals surface area contributed by atoms with E-state index in [0.29, 0.717) is 13.0 Å². The molecule has 20 heavy (non-hydrogen) atoms. The zero-order valence-corrected chi connectivity index (χ0v) is 13.9. The topological polar surface area (TPSA) is 37.4 Å². The summed E-state index contributed by atoms with van der Waals surface area (Å²) >= 11 is 3.41. The molecule has 1 amide bonds. The smallest absolute Gasteiger partial charge is 0.234 e. The first-order valence-electron chi connectivity index (χ1n) is 7.10. The highest BCUT2D eigenvalue weighted by Crippen LogP contribution is 2.27. The third kappa shape index (κ3) is 3.92. The first-order valence-corrected chi connectivity index (χ1v) is 9.33. The van der Waals surface area contributed by atoms with Crippen LogP contribution in [0.5, 0.6) is 0 Å². The molecule has 0 saturated heterocycles. The van der Waals surface area contributed by atoms with Gasteiger partial charge in [0.2, 0.25) is 5.91 Å². The SMILES string of the molecule is O=C(CCCCCCCBr)N1Cc2ccccc2S1=O. The van der Waals surface area contributed by atoms with E-state index < -0.39 is 11.0 Å². The number of alkyl halides is 1. The molecule has 1 atom stereocenters. The number of amides is 1. The second-order valence-electron chi connectivity index (χ2n) is 4.99. The Hall–Kier alpha value is -0.680. The molecular weight excluding hydrogens is 338 g/mol. The molecule has 1 aromatic carbocycles. The average molecular weight is 358 g/mol. The average Bonchev–Trinajstić information content (AvgIpc) is 2.80. The number of rotatable bonds is 7. The van der Waals surface area contributed by atoms with Crippen molar-refractivity contribution in [2.24, 2.45) is 0 Å². The predicted octanol–water partition coefficient (Wildman–Crippen LogP) is 3.79. The number of benzene rings is 1. The van der Waals surface area contributed by atoms with Crippen LogP contribution >= 0.6 is 15.9 Å². The van der Waals surface area contributed by atoms with Gasteiger partial charge in [-0.05, 0) is 24.5 Å². The minimum absolute atomic E-state index is 0.0139. The summed E-state index contributed by atoms with van der Waals surface area (Å²) in [4.78, 5) is 12.9. The largest absolute Gasteiger partial charge is 0.274 e. The number of carbonyl (C=O) groups excluding carboxylic acids is 1. The van der Waals surface area contributed by atoms with Gasteiger partial charge in [-0.15, -0.1) is 0 Å². The lowest BCUT2D eigenvalue weighted by Crippen LogP contribution is -2.27. The van der Waals surface area contributed by atoms with E-state index in [4.69, 9.17) is 0 Å². The van der Waals surface area contributed by atoms with Crippen LogP contribution in [0.1, 0.15) is 44.1 Å². The Morgan fingerprint density at radius 2 is 1.85 bits per heavy atom. The maximum atomic E-state index is 12.2. The van der Waals surface area contributed by atoms with Crippen LogP contribution in [0, 0.1) is 0 Å². The first kappa shape index (κ1) is 15.7. The van der Waals surface area contributed by atoms with E-state index in [1.54, 1.807) is 0 Å². The van der Waals surface area contributed by atoms with Crippen molar-refractivity contribution in [2.75, 3.05) is 5.33 Å². The zero-order chi connectivity index (χ0) is 14.4. The number of hydrogen-bond acceptors (Lipinski definition) is 2. The minimum Gasteiger partial charge on any atom is -0.274 e. The Kier molecular flexibility index (Phi) is 6.23. The van der Waals surface area contributed by atoms with Crippen LogP contribution in [-0.2, 0) is 22.3 Å². The van der Waals surface area contributed by atoms with Crippen molar-refractivity contribution in [1.82, 2.24) is 4.31 Å². The van der Waals surface area contributed by atoms with Crippen molar-refractivity contribution in [3.8, 4) is 0 Å². The predicted molar refractivity (Wildman–Crippen MR) is 84.9 cm³/mol. The summed E-state index contributed by atoms with van der Waals surface area (Å²) in [6.45, 7) is 0.491. The van der Waals surface area contributed by atoms with Gasteiger partial charge in [-0.2, -0.15) is 0 Å². The van der Waals surface area contributed by atoms with Crippen molar-refractivity contribution in [3.63, 3.8) is 0 Å². The number of halogens is 1. The van der Waals surface area contributed by atoms with Crippen molar-refractivity contribution < 1.29 is 9.00 Å². The molecule has 2 rings (SSSR count). The van der Waals surface area contributed by atoms with Crippen LogP contribution < -0.4 is 0 Å². The lowest BCUT2D eigenvalue weighted by molar-refractivity contribution is -0.126. The zero-order valence-electron chi connectivity index (χ0n) is 11.5. The molecule has 0 aliphatic carbocycles. The van der Waals surface area contributed by atoms with Gasteiger partial charge in [0.05, 0.1) is 11.4 Å². The van der Waals surface area contributed by atoms with Gasteiger partial charge in [0.25, 0.3) is 0 Å². The standard InChI is InChI=1S/C15H20BrNO2S/c16-11-7-3-1-2-4-10-15(18)17-12-13-8-5-6-9-14(13)20(17)19/h5-6,8-9H,1-4,7,10-12H2. The molecule has 1 aliphatic rings. The summed E-state index contributed by atoms with van der Waals surface area (Å²) in [5.74, 6) is 0.0139. The van der Waals surface area contributed by atoms with E-state index in [1.165, 1.54) is 23.6 Å². The molecule has 1 aliphatic heterocycles. The molecule has 0 radical (unpaired) electrons. The fourth-order valence-electron chi connectivity index (χ4n) is 2.34. The maximum absolute atomic E-state index is 12.2. The van der Waals surface area contributed by atoms with Crippen LogP contribution in [0.25, 0.3) is 0 Å². The molecule has 5 heteroatoms. The molecule has 1 unspecified atom stereocenters. The van der Waals surface area contributed by atoms with Gasteiger partial charge in [-0.25, -0.2) is 4.21 Å². The quantitative estimate of drug-likeness (QED) is 0.549. The fraction of sp³-hybridized carbons (Fsp3) is 0.533. The Morgan fingerprint density at radius 3 is 2.60 bits per heavy atom. The van der Waals surface area contributed by atoms with Crippen molar-refractivity contribution in [2.45, 2.75) is 50.0 Å². The molecule has 110 valence electrons. The van der Waals surface area contributed by atoms with Crippen molar-refractivity contribution in [1.29, 1.82) is 0 Å². The third-order valence-electron chi connectivity index (χ3n) is 3.48. The molecule has 0 N–H and O–H groups in total. The Balaban J connectivity index is 1.76. The molecular formula is C15H20BrNO2S. The Morgan fingerprint density at radius 1 is 1.15 bits per heavy atom. The minimum atomic E-state index is -1.30. The van der Waals surface area contributed by atoms with Gasteiger partial charge >= 0.3 is 0 Å². The summed E-state index contributed by atoms with van der Waals surface area (Å²) < 4.78 is 13.7.